The minimum Gasteiger partial charge on any atom is -0.484 e. The number of thiazole rings is 1. The van der Waals surface area contributed by atoms with Crippen molar-refractivity contribution in [1.82, 2.24) is 9.88 Å². The average molecular weight is 436 g/mol. The number of ether oxygens (including phenoxy) is 1. The van der Waals surface area contributed by atoms with Gasteiger partial charge in [-0.2, -0.15) is 0 Å². The van der Waals surface area contributed by atoms with E-state index in [1.54, 1.807) is 38.4 Å². The summed E-state index contributed by atoms with van der Waals surface area (Å²) < 4.78 is 6.11. The number of amides is 2. The third-order valence-corrected chi connectivity index (χ3v) is 6.32. The number of benzene rings is 1. The summed E-state index contributed by atoms with van der Waals surface area (Å²) in [5.74, 6) is 0.209. The molecule has 0 radical (unpaired) electrons. The summed E-state index contributed by atoms with van der Waals surface area (Å²) >= 11 is 8.74. The van der Waals surface area contributed by atoms with Gasteiger partial charge in [-0.05, 0) is 43.3 Å². The lowest BCUT2D eigenvalue weighted by molar-refractivity contribution is -0.130. The second-order valence-corrected chi connectivity index (χ2v) is 8.81. The molecule has 1 N–H and O–H groups in total. The Morgan fingerprint density at radius 1 is 1.14 bits per heavy atom. The van der Waals surface area contributed by atoms with Crippen LogP contribution in [-0.4, -0.2) is 42.4 Å². The third kappa shape index (κ3) is 4.89. The molecule has 2 amide bonds. The fourth-order valence-corrected chi connectivity index (χ4v) is 4.30. The average Bonchev–Trinajstić information content (AvgIpc) is 3.26. The summed E-state index contributed by atoms with van der Waals surface area (Å²) in [6.07, 6.45) is 0. The fourth-order valence-electron chi connectivity index (χ4n) is 2.24. The Balaban J connectivity index is 1.65. The lowest BCUT2D eigenvalue weighted by Gasteiger charge is -2.11. The second kappa shape index (κ2) is 8.72. The van der Waals surface area contributed by atoms with E-state index in [1.807, 2.05) is 19.1 Å². The van der Waals surface area contributed by atoms with Crippen molar-refractivity contribution in [3.63, 3.8) is 0 Å². The number of aromatic nitrogens is 1. The molecule has 3 aromatic rings. The zero-order chi connectivity index (χ0) is 20.3. The highest BCUT2D eigenvalue weighted by Crippen LogP contribution is 2.35. The van der Waals surface area contributed by atoms with Gasteiger partial charge in [0.25, 0.3) is 11.8 Å². The van der Waals surface area contributed by atoms with Gasteiger partial charge in [-0.1, -0.05) is 11.6 Å². The van der Waals surface area contributed by atoms with Crippen molar-refractivity contribution < 1.29 is 14.3 Å². The molecule has 146 valence electrons. The smallest absolute Gasteiger partial charge is 0.267 e. The molecule has 0 aliphatic heterocycles. The van der Waals surface area contributed by atoms with E-state index in [0.717, 1.165) is 9.88 Å². The van der Waals surface area contributed by atoms with Gasteiger partial charge < -0.3 is 15.0 Å². The Morgan fingerprint density at radius 3 is 2.46 bits per heavy atom. The number of carbonyl (C=O) groups excluding carboxylic acids is 2. The van der Waals surface area contributed by atoms with E-state index < -0.39 is 0 Å². The van der Waals surface area contributed by atoms with E-state index in [4.69, 9.17) is 16.3 Å². The molecule has 9 heteroatoms. The van der Waals surface area contributed by atoms with Gasteiger partial charge in [-0.3, -0.25) is 9.59 Å². The number of anilines is 1. The van der Waals surface area contributed by atoms with Gasteiger partial charge in [0.1, 0.15) is 15.6 Å². The molecule has 1 aromatic carbocycles. The van der Waals surface area contributed by atoms with Crippen LogP contribution in [0.15, 0.2) is 36.4 Å². The predicted molar refractivity (Wildman–Crippen MR) is 114 cm³/mol. The van der Waals surface area contributed by atoms with E-state index in [0.29, 0.717) is 26.3 Å². The van der Waals surface area contributed by atoms with Gasteiger partial charge in [-0.25, -0.2) is 4.98 Å². The molecule has 28 heavy (non-hydrogen) atoms. The molecule has 0 fully saturated rings. The first-order valence-electron chi connectivity index (χ1n) is 8.31. The van der Waals surface area contributed by atoms with Crippen LogP contribution < -0.4 is 10.1 Å². The van der Waals surface area contributed by atoms with Gasteiger partial charge in [0.15, 0.2) is 6.61 Å². The number of thiophene rings is 1. The zero-order valence-corrected chi connectivity index (χ0v) is 17.9. The molecule has 0 saturated heterocycles. The topological polar surface area (TPSA) is 71.5 Å². The van der Waals surface area contributed by atoms with Crippen LogP contribution in [0.1, 0.15) is 15.4 Å². The van der Waals surface area contributed by atoms with Crippen molar-refractivity contribution >= 4 is 51.8 Å². The van der Waals surface area contributed by atoms with Crippen LogP contribution in [0, 0.1) is 6.92 Å². The summed E-state index contributed by atoms with van der Waals surface area (Å²) in [5, 5.41) is 3.63. The standard InChI is InChI=1S/C19H18ClN3O3S2/c1-11-17(28-19(21-11)14-8-9-15(20)27-14)18(25)22-12-4-6-13(7-5-12)26-10-16(24)23(2)3/h4-9H,10H2,1-3H3,(H,22,25). The largest absolute Gasteiger partial charge is 0.484 e. The highest BCUT2D eigenvalue weighted by Gasteiger charge is 2.17. The minimum absolute atomic E-state index is 0.0335. The van der Waals surface area contributed by atoms with Crippen LogP contribution in [0.4, 0.5) is 5.69 Å². The molecule has 2 heterocycles. The number of aryl methyl sites for hydroxylation is 1. The monoisotopic (exact) mass is 435 g/mol. The van der Waals surface area contributed by atoms with Crippen LogP contribution in [-0.2, 0) is 4.79 Å². The van der Waals surface area contributed by atoms with Gasteiger partial charge in [0.2, 0.25) is 0 Å². The van der Waals surface area contributed by atoms with Crippen molar-refractivity contribution in [2.75, 3.05) is 26.0 Å². The number of rotatable bonds is 6. The molecule has 0 aliphatic carbocycles. The summed E-state index contributed by atoms with van der Waals surface area (Å²) in [6.45, 7) is 1.77. The predicted octanol–water partition coefficient (Wildman–Crippen LogP) is 4.55. The maximum atomic E-state index is 12.6. The quantitative estimate of drug-likeness (QED) is 0.616. The van der Waals surface area contributed by atoms with Gasteiger partial charge in [0.05, 0.1) is 14.9 Å². The first kappa shape index (κ1) is 20.3. The maximum absolute atomic E-state index is 12.6. The lowest BCUT2D eigenvalue weighted by atomic mass is 10.3. The van der Waals surface area contributed by atoms with Crippen molar-refractivity contribution in [1.29, 1.82) is 0 Å². The van der Waals surface area contributed by atoms with Crippen molar-refractivity contribution in [3.8, 4) is 15.6 Å². The molecular weight excluding hydrogens is 418 g/mol. The maximum Gasteiger partial charge on any atom is 0.267 e. The van der Waals surface area contributed by atoms with Crippen LogP contribution in [0.2, 0.25) is 4.34 Å². The molecule has 0 spiro atoms. The summed E-state index contributed by atoms with van der Waals surface area (Å²) in [7, 11) is 3.34. The van der Waals surface area contributed by atoms with E-state index in [2.05, 4.69) is 10.3 Å². The van der Waals surface area contributed by atoms with Crippen molar-refractivity contribution in [3.05, 3.63) is 51.3 Å². The molecule has 0 unspecified atom stereocenters. The van der Waals surface area contributed by atoms with Gasteiger partial charge in [0, 0.05) is 19.8 Å². The van der Waals surface area contributed by atoms with Crippen LogP contribution >= 0.6 is 34.3 Å². The molecular formula is C19H18ClN3O3S2. The number of likely N-dealkylation sites (N-methyl/N-ethyl adjacent to an activating group) is 1. The summed E-state index contributed by atoms with van der Waals surface area (Å²) in [5.41, 5.74) is 1.30. The number of halogens is 1. The highest BCUT2D eigenvalue weighted by atomic mass is 35.5. The van der Waals surface area contributed by atoms with E-state index in [9.17, 15) is 9.59 Å². The molecule has 0 aliphatic rings. The SMILES string of the molecule is Cc1nc(-c2ccc(Cl)s2)sc1C(=O)Nc1ccc(OCC(=O)N(C)C)cc1. The molecule has 3 rings (SSSR count). The van der Waals surface area contributed by atoms with Gasteiger partial charge in [-0.15, -0.1) is 22.7 Å². The van der Waals surface area contributed by atoms with Crippen LogP contribution in [0.3, 0.4) is 0 Å². The van der Waals surface area contributed by atoms with Crippen molar-refractivity contribution in [2.45, 2.75) is 6.92 Å². The summed E-state index contributed by atoms with van der Waals surface area (Å²) in [6, 6.07) is 10.6. The highest BCUT2D eigenvalue weighted by molar-refractivity contribution is 7.24. The lowest BCUT2D eigenvalue weighted by Crippen LogP contribution is -2.27. The zero-order valence-electron chi connectivity index (χ0n) is 15.5. The Labute approximate surface area is 175 Å². The van der Waals surface area contributed by atoms with Crippen LogP contribution in [0.25, 0.3) is 9.88 Å². The summed E-state index contributed by atoms with van der Waals surface area (Å²) in [4.78, 5) is 31.6. The number of nitrogens with one attached hydrogen (secondary N) is 1. The Morgan fingerprint density at radius 2 is 1.86 bits per heavy atom. The molecule has 0 bridgehead atoms. The minimum atomic E-state index is -0.222. The van der Waals surface area contributed by atoms with Gasteiger partial charge >= 0.3 is 0 Å². The number of hydrogen-bond acceptors (Lipinski definition) is 6. The van der Waals surface area contributed by atoms with Crippen LogP contribution in [0.5, 0.6) is 5.75 Å². The van der Waals surface area contributed by atoms with Crippen molar-refractivity contribution in [2.24, 2.45) is 0 Å². The second-order valence-electron chi connectivity index (χ2n) is 6.09. The first-order chi connectivity index (χ1) is 13.3. The molecule has 0 atom stereocenters. The molecule has 2 aromatic heterocycles. The Bertz CT molecular complexity index is 996. The van der Waals surface area contributed by atoms with E-state index in [-0.39, 0.29) is 18.4 Å². The number of carbonyl (C=O) groups is 2. The first-order valence-corrected chi connectivity index (χ1v) is 10.3. The third-order valence-electron chi connectivity index (χ3n) is 3.76. The Hall–Kier alpha value is -2.42. The molecule has 6 nitrogen and oxygen atoms in total. The fraction of sp³-hybridized carbons (Fsp3) is 0.211. The number of nitrogens with zero attached hydrogens (tertiary/aromatic N) is 2. The van der Waals surface area contributed by atoms with E-state index in [1.165, 1.54) is 27.6 Å². The van der Waals surface area contributed by atoms with E-state index >= 15 is 0 Å². The number of hydrogen-bond donors (Lipinski definition) is 1. The Kier molecular flexibility index (Phi) is 6.33. The molecule has 0 saturated carbocycles. The normalized spacial score (nSPS) is 10.6.